The summed E-state index contributed by atoms with van der Waals surface area (Å²) in [5, 5.41) is 2.76. The maximum absolute atomic E-state index is 12.4. The second-order valence-corrected chi connectivity index (χ2v) is 8.85. The Morgan fingerprint density at radius 2 is 1.55 bits per heavy atom. The number of para-hydroxylation sites is 2. The number of ether oxygens (including phenoxy) is 1. The standard InChI is InChI=1S/C21H26N2O5S/c1-14-9-6-7-12-18(14)23(29(5,26)27)13-19(24)28-17(4)21(25)22-20-15(2)10-8-11-16(20)3/h6-12,17H,13H2,1-5H3,(H,22,25)/t17-/m0/s1. The van der Waals surface area contributed by atoms with Crippen LogP contribution >= 0.6 is 0 Å². The molecule has 0 unspecified atom stereocenters. The largest absolute Gasteiger partial charge is 0.451 e. The molecule has 0 aliphatic rings. The summed E-state index contributed by atoms with van der Waals surface area (Å²) in [5.41, 5.74) is 3.53. The van der Waals surface area contributed by atoms with Gasteiger partial charge in [-0.3, -0.25) is 13.9 Å². The summed E-state index contributed by atoms with van der Waals surface area (Å²) in [7, 11) is -3.72. The highest BCUT2D eigenvalue weighted by atomic mass is 32.2. The monoisotopic (exact) mass is 418 g/mol. The number of hydrogen-bond acceptors (Lipinski definition) is 5. The Balaban J connectivity index is 2.10. The predicted octanol–water partition coefficient (Wildman–Crippen LogP) is 2.95. The lowest BCUT2D eigenvalue weighted by Gasteiger charge is -2.24. The zero-order valence-electron chi connectivity index (χ0n) is 17.2. The quantitative estimate of drug-likeness (QED) is 0.698. The van der Waals surface area contributed by atoms with Gasteiger partial charge in [-0.2, -0.15) is 0 Å². The van der Waals surface area contributed by atoms with E-state index in [1.54, 1.807) is 31.2 Å². The fourth-order valence-corrected chi connectivity index (χ4v) is 3.77. The molecule has 0 aliphatic heterocycles. The number of hydrogen-bond donors (Lipinski definition) is 1. The van der Waals surface area contributed by atoms with Crippen LogP contribution in [0.25, 0.3) is 0 Å². The summed E-state index contributed by atoms with van der Waals surface area (Å²) < 4.78 is 30.6. The molecule has 29 heavy (non-hydrogen) atoms. The maximum Gasteiger partial charge on any atom is 0.327 e. The molecule has 0 aliphatic carbocycles. The van der Waals surface area contributed by atoms with Gasteiger partial charge < -0.3 is 10.1 Å². The number of carbonyl (C=O) groups is 2. The number of anilines is 2. The first kappa shape index (κ1) is 22.4. The average Bonchev–Trinajstić information content (AvgIpc) is 2.62. The lowest BCUT2D eigenvalue weighted by Crippen LogP contribution is -2.39. The molecule has 0 spiro atoms. The van der Waals surface area contributed by atoms with E-state index in [1.165, 1.54) is 6.92 Å². The Labute approximate surface area is 171 Å². The van der Waals surface area contributed by atoms with Crippen molar-refractivity contribution in [2.75, 3.05) is 22.4 Å². The van der Waals surface area contributed by atoms with Crippen molar-refractivity contribution in [3.63, 3.8) is 0 Å². The minimum atomic E-state index is -3.72. The Kier molecular flexibility index (Phi) is 7.02. The molecular weight excluding hydrogens is 392 g/mol. The second kappa shape index (κ2) is 9.09. The van der Waals surface area contributed by atoms with Crippen molar-refractivity contribution in [2.45, 2.75) is 33.8 Å². The lowest BCUT2D eigenvalue weighted by molar-refractivity contribution is -0.151. The summed E-state index contributed by atoms with van der Waals surface area (Å²) in [5.74, 6) is -1.31. The van der Waals surface area contributed by atoms with Crippen molar-refractivity contribution in [3.05, 3.63) is 59.2 Å². The van der Waals surface area contributed by atoms with E-state index < -0.39 is 34.5 Å². The number of sulfonamides is 1. The SMILES string of the molecule is Cc1ccccc1N(CC(=O)O[C@@H](C)C(=O)Nc1c(C)cccc1C)S(C)(=O)=O. The maximum atomic E-state index is 12.4. The van der Waals surface area contributed by atoms with Gasteiger partial charge in [0.1, 0.15) is 6.54 Å². The van der Waals surface area contributed by atoms with Gasteiger partial charge in [0.25, 0.3) is 5.91 Å². The number of nitrogens with zero attached hydrogens (tertiary/aromatic N) is 1. The number of carbonyl (C=O) groups excluding carboxylic acids is 2. The van der Waals surface area contributed by atoms with Crippen LogP contribution in [0, 0.1) is 20.8 Å². The highest BCUT2D eigenvalue weighted by molar-refractivity contribution is 7.92. The van der Waals surface area contributed by atoms with Crippen LogP contribution in [-0.2, 0) is 24.3 Å². The smallest absolute Gasteiger partial charge is 0.327 e. The van der Waals surface area contributed by atoms with E-state index in [0.717, 1.165) is 21.7 Å². The van der Waals surface area contributed by atoms with Gasteiger partial charge in [0.2, 0.25) is 10.0 Å². The van der Waals surface area contributed by atoms with Gasteiger partial charge in [-0.25, -0.2) is 8.42 Å². The molecule has 8 heteroatoms. The topological polar surface area (TPSA) is 92.8 Å². The first-order valence-electron chi connectivity index (χ1n) is 9.10. The molecule has 0 heterocycles. The van der Waals surface area contributed by atoms with Gasteiger partial charge >= 0.3 is 5.97 Å². The van der Waals surface area contributed by atoms with Gasteiger partial charge in [-0.15, -0.1) is 0 Å². The molecule has 0 radical (unpaired) electrons. The summed E-state index contributed by atoms with van der Waals surface area (Å²) in [4.78, 5) is 24.8. The van der Waals surface area contributed by atoms with Crippen molar-refractivity contribution in [1.82, 2.24) is 0 Å². The molecule has 7 nitrogen and oxygen atoms in total. The van der Waals surface area contributed by atoms with Crippen molar-refractivity contribution in [2.24, 2.45) is 0 Å². The summed E-state index contributed by atoms with van der Waals surface area (Å²) >= 11 is 0. The van der Waals surface area contributed by atoms with E-state index in [2.05, 4.69) is 5.32 Å². The number of nitrogens with one attached hydrogen (secondary N) is 1. The van der Waals surface area contributed by atoms with E-state index in [1.807, 2.05) is 32.0 Å². The van der Waals surface area contributed by atoms with Crippen molar-refractivity contribution in [3.8, 4) is 0 Å². The number of benzene rings is 2. The van der Waals surface area contributed by atoms with Crippen LogP contribution in [0.5, 0.6) is 0 Å². The van der Waals surface area contributed by atoms with Gasteiger partial charge in [-0.05, 0) is 50.5 Å². The third-order valence-electron chi connectivity index (χ3n) is 4.46. The van der Waals surface area contributed by atoms with Crippen molar-refractivity contribution < 1.29 is 22.7 Å². The summed E-state index contributed by atoms with van der Waals surface area (Å²) in [6.45, 7) is 6.40. The van der Waals surface area contributed by atoms with Crippen LogP contribution in [0.4, 0.5) is 11.4 Å². The predicted molar refractivity (Wildman–Crippen MR) is 113 cm³/mol. The molecule has 0 fully saturated rings. The Bertz CT molecular complexity index is 997. The fourth-order valence-electron chi connectivity index (χ4n) is 2.87. The second-order valence-electron chi connectivity index (χ2n) is 6.94. The molecule has 1 amide bonds. The van der Waals surface area contributed by atoms with E-state index in [9.17, 15) is 18.0 Å². The third-order valence-corrected chi connectivity index (χ3v) is 5.59. The van der Waals surface area contributed by atoms with Crippen molar-refractivity contribution in [1.29, 1.82) is 0 Å². The number of amides is 1. The normalized spacial score (nSPS) is 12.2. The summed E-state index contributed by atoms with van der Waals surface area (Å²) in [6.07, 6.45) is -0.0659. The molecule has 156 valence electrons. The molecule has 1 atom stereocenters. The highest BCUT2D eigenvalue weighted by Gasteiger charge is 2.25. The molecule has 2 aromatic carbocycles. The minimum absolute atomic E-state index is 0.389. The molecule has 0 saturated carbocycles. The van der Waals surface area contributed by atoms with Crippen LogP contribution < -0.4 is 9.62 Å². The van der Waals surface area contributed by atoms with E-state index in [0.29, 0.717) is 16.9 Å². The third kappa shape index (κ3) is 5.80. The van der Waals surface area contributed by atoms with Crippen LogP contribution in [0.2, 0.25) is 0 Å². The average molecular weight is 419 g/mol. The first-order chi connectivity index (χ1) is 13.5. The Morgan fingerprint density at radius 3 is 2.10 bits per heavy atom. The molecule has 1 N–H and O–H groups in total. The van der Waals surface area contributed by atoms with Crippen molar-refractivity contribution >= 4 is 33.3 Å². The van der Waals surface area contributed by atoms with Crippen LogP contribution in [0.3, 0.4) is 0 Å². The van der Waals surface area contributed by atoms with E-state index >= 15 is 0 Å². The zero-order valence-corrected chi connectivity index (χ0v) is 18.0. The first-order valence-corrected chi connectivity index (χ1v) is 11.0. The zero-order chi connectivity index (χ0) is 21.8. The van der Waals surface area contributed by atoms with Crippen LogP contribution in [-0.4, -0.2) is 39.2 Å². The molecule has 2 rings (SSSR count). The number of aryl methyl sites for hydroxylation is 3. The van der Waals surface area contributed by atoms with Crippen LogP contribution in [0.15, 0.2) is 42.5 Å². The molecule has 0 saturated heterocycles. The fraction of sp³-hybridized carbons (Fsp3) is 0.333. The molecule has 0 aromatic heterocycles. The van der Waals surface area contributed by atoms with Gasteiger partial charge in [-0.1, -0.05) is 36.4 Å². The van der Waals surface area contributed by atoms with E-state index in [4.69, 9.17) is 4.74 Å². The lowest BCUT2D eigenvalue weighted by atomic mass is 10.1. The molecule has 2 aromatic rings. The highest BCUT2D eigenvalue weighted by Crippen LogP contribution is 2.22. The van der Waals surface area contributed by atoms with Gasteiger partial charge in [0.05, 0.1) is 11.9 Å². The number of rotatable bonds is 7. The Morgan fingerprint density at radius 1 is 1.00 bits per heavy atom. The van der Waals surface area contributed by atoms with Gasteiger partial charge in [0.15, 0.2) is 6.10 Å². The van der Waals surface area contributed by atoms with Gasteiger partial charge in [0, 0.05) is 5.69 Å². The Hall–Kier alpha value is -2.87. The van der Waals surface area contributed by atoms with Crippen LogP contribution in [0.1, 0.15) is 23.6 Å². The number of esters is 1. The summed E-state index contributed by atoms with van der Waals surface area (Å²) in [6, 6.07) is 12.4. The minimum Gasteiger partial charge on any atom is -0.451 e. The molecule has 0 bridgehead atoms. The molecular formula is C21H26N2O5S. The van der Waals surface area contributed by atoms with E-state index in [-0.39, 0.29) is 0 Å².